The SMILES string of the molecule is Cc1cnc2c(n1)C(C)CC2C. The van der Waals surface area contributed by atoms with Crippen LogP contribution in [-0.2, 0) is 0 Å². The van der Waals surface area contributed by atoms with Gasteiger partial charge < -0.3 is 0 Å². The Morgan fingerprint density at radius 2 is 1.92 bits per heavy atom. The fourth-order valence-corrected chi connectivity index (χ4v) is 2.00. The largest absolute Gasteiger partial charge is 0.257 e. The van der Waals surface area contributed by atoms with Gasteiger partial charge in [-0.3, -0.25) is 9.97 Å². The van der Waals surface area contributed by atoms with Gasteiger partial charge in [0, 0.05) is 18.0 Å². The van der Waals surface area contributed by atoms with Gasteiger partial charge in [0.2, 0.25) is 0 Å². The number of hydrogen-bond acceptors (Lipinski definition) is 2. The van der Waals surface area contributed by atoms with Crippen LogP contribution in [0.4, 0.5) is 0 Å². The average molecular weight is 162 g/mol. The number of hydrogen-bond donors (Lipinski definition) is 0. The van der Waals surface area contributed by atoms with Gasteiger partial charge in [0.05, 0.1) is 17.1 Å². The van der Waals surface area contributed by atoms with Crippen LogP contribution in [-0.4, -0.2) is 9.97 Å². The summed E-state index contributed by atoms with van der Waals surface area (Å²) in [7, 11) is 0. The number of fused-ring (bicyclic) bond motifs is 1. The molecule has 0 fully saturated rings. The predicted molar refractivity (Wildman–Crippen MR) is 48.2 cm³/mol. The zero-order valence-electron chi connectivity index (χ0n) is 7.83. The Bertz CT molecular complexity index is 307. The maximum absolute atomic E-state index is 4.52. The Hall–Kier alpha value is -0.920. The molecule has 2 heteroatoms. The summed E-state index contributed by atoms with van der Waals surface area (Å²) in [5, 5.41) is 0. The standard InChI is InChI=1S/C10H14N2/c1-6-4-7(2)10-9(6)11-5-8(3)12-10/h5-7H,4H2,1-3H3. The van der Waals surface area contributed by atoms with Crippen LogP contribution >= 0.6 is 0 Å². The lowest BCUT2D eigenvalue weighted by atomic mass is 10.1. The molecule has 1 aromatic rings. The van der Waals surface area contributed by atoms with E-state index < -0.39 is 0 Å². The topological polar surface area (TPSA) is 25.8 Å². The van der Waals surface area contributed by atoms with Crippen LogP contribution in [0.2, 0.25) is 0 Å². The van der Waals surface area contributed by atoms with Crippen molar-refractivity contribution in [1.82, 2.24) is 9.97 Å². The predicted octanol–water partition coefficient (Wildman–Crippen LogP) is 2.40. The van der Waals surface area contributed by atoms with E-state index in [-0.39, 0.29) is 0 Å². The van der Waals surface area contributed by atoms with E-state index in [1.165, 1.54) is 17.8 Å². The molecule has 0 saturated heterocycles. The lowest BCUT2D eigenvalue weighted by molar-refractivity contribution is 0.650. The smallest absolute Gasteiger partial charge is 0.0653 e. The fourth-order valence-electron chi connectivity index (χ4n) is 2.00. The van der Waals surface area contributed by atoms with Crippen molar-refractivity contribution < 1.29 is 0 Å². The van der Waals surface area contributed by atoms with Crippen molar-refractivity contribution in [3.63, 3.8) is 0 Å². The Morgan fingerprint density at radius 1 is 1.25 bits per heavy atom. The van der Waals surface area contributed by atoms with E-state index in [2.05, 4.69) is 23.8 Å². The molecule has 2 unspecified atom stereocenters. The molecule has 0 aliphatic heterocycles. The van der Waals surface area contributed by atoms with E-state index in [0.29, 0.717) is 11.8 Å². The van der Waals surface area contributed by atoms with E-state index in [1.54, 1.807) is 0 Å². The molecule has 64 valence electrons. The van der Waals surface area contributed by atoms with Crippen LogP contribution in [0.1, 0.15) is 49.2 Å². The van der Waals surface area contributed by atoms with Crippen LogP contribution in [0.3, 0.4) is 0 Å². The van der Waals surface area contributed by atoms with Crippen molar-refractivity contribution in [2.45, 2.75) is 39.0 Å². The second-order valence-electron chi connectivity index (χ2n) is 3.82. The van der Waals surface area contributed by atoms with E-state index >= 15 is 0 Å². The molecule has 0 N–H and O–H groups in total. The summed E-state index contributed by atoms with van der Waals surface area (Å²) in [4.78, 5) is 8.95. The average Bonchev–Trinajstić information content (AvgIpc) is 2.28. The highest BCUT2D eigenvalue weighted by Gasteiger charge is 2.27. The molecule has 0 aromatic carbocycles. The second kappa shape index (κ2) is 2.54. The first-order valence-electron chi connectivity index (χ1n) is 4.52. The third-order valence-corrected chi connectivity index (χ3v) is 2.59. The molecular formula is C10H14N2. The Balaban J connectivity index is 2.53. The first-order valence-corrected chi connectivity index (χ1v) is 4.52. The molecule has 0 saturated carbocycles. The van der Waals surface area contributed by atoms with E-state index in [9.17, 15) is 0 Å². The van der Waals surface area contributed by atoms with Gasteiger partial charge in [0.1, 0.15) is 0 Å². The lowest BCUT2D eigenvalue weighted by Crippen LogP contribution is -1.97. The van der Waals surface area contributed by atoms with Gasteiger partial charge in [-0.05, 0) is 13.3 Å². The number of rotatable bonds is 0. The lowest BCUT2D eigenvalue weighted by Gasteiger charge is -2.02. The molecular weight excluding hydrogens is 148 g/mol. The molecule has 1 aliphatic rings. The molecule has 2 nitrogen and oxygen atoms in total. The van der Waals surface area contributed by atoms with Gasteiger partial charge in [-0.2, -0.15) is 0 Å². The molecule has 0 amide bonds. The zero-order chi connectivity index (χ0) is 8.72. The van der Waals surface area contributed by atoms with Crippen molar-refractivity contribution in [2.75, 3.05) is 0 Å². The van der Waals surface area contributed by atoms with Crippen LogP contribution in [0.25, 0.3) is 0 Å². The van der Waals surface area contributed by atoms with E-state index in [4.69, 9.17) is 0 Å². The molecule has 0 bridgehead atoms. The summed E-state index contributed by atoms with van der Waals surface area (Å²) in [6, 6.07) is 0. The molecule has 1 aromatic heterocycles. The first kappa shape index (κ1) is 7.71. The highest BCUT2D eigenvalue weighted by Crippen LogP contribution is 2.38. The van der Waals surface area contributed by atoms with E-state index in [0.717, 1.165) is 5.69 Å². The highest BCUT2D eigenvalue weighted by molar-refractivity contribution is 5.26. The quantitative estimate of drug-likeness (QED) is 0.585. The van der Waals surface area contributed by atoms with Gasteiger partial charge in [0.25, 0.3) is 0 Å². The third-order valence-electron chi connectivity index (χ3n) is 2.59. The summed E-state index contributed by atoms with van der Waals surface area (Å²) in [5.41, 5.74) is 3.48. The Labute approximate surface area is 73.1 Å². The van der Waals surface area contributed by atoms with Crippen LogP contribution in [0.5, 0.6) is 0 Å². The third kappa shape index (κ3) is 1.02. The Morgan fingerprint density at radius 3 is 2.67 bits per heavy atom. The van der Waals surface area contributed by atoms with Gasteiger partial charge in [-0.25, -0.2) is 0 Å². The van der Waals surface area contributed by atoms with E-state index in [1.807, 2.05) is 13.1 Å². The van der Waals surface area contributed by atoms with Crippen LogP contribution in [0, 0.1) is 6.92 Å². The van der Waals surface area contributed by atoms with Crippen molar-refractivity contribution in [3.05, 3.63) is 23.3 Å². The van der Waals surface area contributed by atoms with Crippen molar-refractivity contribution >= 4 is 0 Å². The minimum absolute atomic E-state index is 0.599. The van der Waals surface area contributed by atoms with Crippen molar-refractivity contribution in [2.24, 2.45) is 0 Å². The highest BCUT2D eigenvalue weighted by atomic mass is 14.8. The summed E-state index contributed by atoms with van der Waals surface area (Å²) < 4.78 is 0. The summed E-state index contributed by atoms with van der Waals surface area (Å²) in [6.45, 7) is 6.46. The summed E-state index contributed by atoms with van der Waals surface area (Å²) in [6.07, 6.45) is 3.08. The monoisotopic (exact) mass is 162 g/mol. The molecule has 1 heterocycles. The first-order chi connectivity index (χ1) is 5.68. The molecule has 0 spiro atoms. The van der Waals surface area contributed by atoms with Gasteiger partial charge in [0.15, 0.2) is 0 Å². The summed E-state index contributed by atoms with van der Waals surface area (Å²) in [5.74, 6) is 1.20. The maximum atomic E-state index is 4.52. The second-order valence-corrected chi connectivity index (χ2v) is 3.82. The minimum Gasteiger partial charge on any atom is -0.257 e. The molecule has 2 atom stereocenters. The number of nitrogens with zero attached hydrogens (tertiary/aromatic N) is 2. The number of aryl methyl sites for hydroxylation is 1. The zero-order valence-corrected chi connectivity index (χ0v) is 7.83. The molecule has 1 aliphatic carbocycles. The van der Waals surface area contributed by atoms with Crippen LogP contribution in [0.15, 0.2) is 6.20 Å². The fraction of sp³-hybridized carbons (Fsp3) is 0.600. The van der Waals surface area contributed by atoms with Crippen molar-refractivity contribution in [3.8, 4) is 0 Å². The van der Waals surface area contributed by atoms with Crippen LogP contribution < -0.4 is 0 Å². The molecule has 0 radical (unpaired) electrons. The summed E-state index contributed by atoms with van der Waals surface area (Å²) >= 11 is 0. The normalized spacial score (nSPS) is 27.2. The van der Waals surface area contributed by atoms with Gasteiger partial charge >= 0.3 is 0 Å². The minimum atomic E-state index is 0.599. The molecule has 2 rings (SSSR count). The number of aromatic nitrogens is 2. The van der Waals surface area contributed by atoms with Crippen molar-refractivity contribution in [1.29, 1.82) is 0 Å². The molecule has 12 heavy (non-hydrogen) atoms. The van der Waals surface area contributed by atoms with Gasteiger partial charge in [-0.15, -0.1) is 0 Å². The maximum Gasteiger partial charge on any atom is 0.0653 e. The Kier molecular flexibility index (Phi) is 1.63. The van der Waals surface area contributed by atoms with Gasteiger partial charge in [-0.1, -0.05) is 13.8 Å².